The minimum absolute atomic E-state index is 0.127. The fourth-order valence-electron chi connectivity index (χ4n) is 10.3. The summed E-state index contributed by atoms with van der Waals surface area (Å²) in [5.41, 5.74) is 5.22. The Morgan fingerprint density at radius 1 is 1.03 bits per heavy atom. The summed E-state index contributed by atoms with van der Waals surface area (Å²) in [6.45, 7) is 5.63. The number of piperidine rings is 1. The van der Waals surface area contributed by atoms with Gasteiger partial charge < -0.3 is 25.6 Å². The number of carboxylic acid groups (broad SMARTS) is 1. The number of amides is 1. The van der Waals surface area contributed by atoms with Crippen LogP contribution in [0.2, 0.25) is 0 Å². The van der Waals surface area contributed by atoms with Gasteiger partial charge in [-0.3, -0.25) is 4.79 Å². The first-order chi connectivity index (χ1) is 17.3. The van der Waals surface area contributed by atoms with Gasteiger partial charge in [0.25, 0.3) is 0 Å². The van der Waals surface area contributed by atoms with Crippen molar-refractivity contribution in [1.29, 1.82) is 0 Å². The van der Waals surface area contributed by atoms with Crippen LogP contribution in [-0.4, -0.2) is 59.0 Å². The van der Waals surface area contributed by atoms with E-state index in [2.05, 4.69) is 11.8 Å². The number of hydrogen-bond acceptors (Lipinski definition) is 5. The summed E-state index contributed by atoms with van der Waals surface area (Å²) in [5, 5.41) is 21.0. The zero-order valence-corrected chi connectivity index (χ0v) is 22.2. The predicted octanol–water partition coefficient (Wildman–Crippen LogP) is 4.80. The van der Waals surface area contributed by atoms with Gasteiger partial charge in [-0.15, -0.1) is 0 Å². The second-order valence-electron chi connectivity index (χ2n) is 13.2. The zero-order valence-electron chi connectivity index (χ0n) is 22.2. The molecule has 204 valence electrons. The highest BCUT2D eigenvalue weighted by atomic mass is 16.6. The van der Waals surface area contributed by atoms with E-state index < -0.39 is 29.5 Å². The maximum Gasteiger partial charge on any atom is 0.404 e. The van der Waals surface area contributed by atoms with Crippen molar-refractivity contribution in [2.24, 2.45) is 46.2 Å². The van der Waals surface area contributed by atoms with E-state index in [9.17, 15) is 19.8 Å². The van der Waals surface area contributed by atoms with Crippen LogP contribution in [0.4, 0.5) is 4.79 Å². The number of hydrogen-bond donors (Lipinski definition) is 3. The average molecular weight is 505 g/mol. The van der Waals surface area contributed by atoms with Gasteiger partial charge >= 0.3 is 12.1 Å². The van der Waals surface area contributed by atoms with Crippen molar-refractivity contribution in [3.8, 4) is 0 Å². The van der Waals surface area contributed by atoms with Gasteiger partial charge in [-0.25, -0.2) is 4.79 Å². The lowest BCUT2D eigenvalue weighted by atomic mass is 9.43. The maximum atomic E-state index is 12.7. The third-order valence-electron chi connectivity index (χ3n) is 11.7. The first-order valence-electron chi connectivity index (χ1n) is 14.8. The Morgan fingerprint density at radius 3 is 2.50 bits per heavy atom. The Kier molecular flexibility index (Phi) is 7.62. The summed E-state index contributed by atoms with van der Waals surface area (Å²) in [6, 6.07) is 0. The zero-order chi connectivity index (χ0) is 25.5. The average Bonchev–Trinajstić information content (AvgIpc) is 3.24. The molecular formula is C29H48N2O5. The highest BCUT2D eigenvalue weighted by molar-refractivity contribution is 5.72. The van der Waals surface area contributed by atoms with Crippen LogP contribution >= 0.6 is 0 Å². The highest BCUT2D eigenvalue weighted by Crippen LogP contribution is 2.69. The van der Waals surface area contributed by atoms with Crippen molar-refractivity contribution in [1.82, 2.24) is 4.90 Å². The van der Waals surface area contributed by atoms with Crippen LogP contribution in [0.25, 0.3) is 0 Å². The van der Waals surface area contributed by atoms with Gasteiger partial charge in [-0.1, -0.05) is 13.3 Å². The molecule has 0 bridgehead atoms. The number of rotatable bonds is 7. The molecule has 7 heteroatoms. The van der Waals surface area contributed by atoms with E-state index in [0.29, 0.717) is 30.6 Å². The van der Waals surface area contributed by atoms with Crippen LogP contribution in [0.3, 0.4) is 0 Å². The summed E-state index contributed by atoms with van der Waals surface area (Å²) < 4.78 is 5.91. The molecule has 5 aliphatic rings. The van der Waals surface area contributed by atoms with Crippen LogP contribution in [0.1, 0.15) is 96.8 Å². The lowest BCUT2D eigenvalue weighted by Gasteiger charge is -2.62. The Balaban J connectivity index is 1.41. The van der Waals surface area contributed by atoms with Gasteiger partial charge in [-0.05, 0) is 132 Å². The first-order valence-corrected chi connectivity index (χ1v) is 14.8. The Bertz CT molecular complexity index is 815. The largest absolute Gasteiger partial charge is 0.481 e. The van der Waals surface area contributed by atoms with Crippen molar-refractivity contribution in [2.75, 3.05) is 19.6 Å². The molecule has 7 nitrogen and oxygen atoms in total. The number of aliphatic hydroxyl groups is 1. The standard InChI is InChI=1S/C29H48N2O5/c1-28-18-20(32)9-7-19(28)8-10-21-22(28)13-14-29(23(21)11-12-24(29)26(33)34)25(36-27(30)35)6-5-17-31-15-3-2-4-16-31/h19-25,32H,2-18H2,1H3,(H2,30,35)(H,33,34)/t19?,20?,21-,22+,23+,24?,25?,28+,29-/m1/s1. The summed E-state index contributed by atoms with van der Waals surface area (Å²) in [6.07, 6.45) is 12.5. The summed E-state index contributed by atoms with van der Waals surface area (Å²) in [4.78, 5) is 27.3. The van der Waals surface area contributed by atoms with E-state index in [1.165, 1.54) is 25.7 Å². The van der Waals surface area contributed by atoms with Crippen LogP contribution in [0.15, 0.2) is 0 Å². The molecule has 0 aromatic heterocycles. The first kappa shape index (κ1) is 26.3. The molecule has 1 heterocycles. The fraction of sp³-hybridized carbons (Fsp3) is 0.931. The molecule has 0 spiro atoms. The summed E-state index contributed by atoms with van der Waals surface area (Å²) in [5.74, 6) is 0.639. The molecule has 0 radical (unpaired) electrons. The minimum Gasteiger partial charge on any atom is -0.481 e. The Hall–Kier alpha value is -1.34. The van der Waals surface area contributed by atoms with Gasteiger partial charge in [-0.2, -0.15) is 0 Å². The molecule has 5 fully saturated rings. The van der Waals surface area contributed by atoms with E-state index in [4.69, 9.17) is 10.5 Å². The predicted molar refractivity (Wildman–Crippen MR) is 137 cm³/mol. The summed E-state index contributed by atoms with van der Waals surface area (Å²) in [7, 11) is 0. The van der Waals surface area contributed by atoms with Gasteiger partial charge in [0.1, 0.15) is 6.10 Å². The van der Waals surface area contributed by atoms with E-state index in [1.54, 1.807) is 0 Å². The number of likely N-dealkylation sites (tertiary alicyclic amines) is 1. The normalized spacial score (nSPS) is 43.6. The van der Waals surface area contributed by atoms with Crippen LogP contribution in [-0.2, 0) is 9.53 Å². The topological polar surface area (TPSA) is 113 Å². The van der Waals surface area contributed by atoms with Crippen molar-refractivity contribution >= 4 is 12.1 Å². The molecule has 1 saturated heterocycles. The quantitative estimate of drug-likeness (QED) is 0.459. The lowest BCUT2D eigenvalue weighted by molar-refractivity contribution is -0.175. The molecule has 4 aliphatic carbocycles. The van der Waals surface area contributed by atoms with Crippen LogP contribution < -0.4 is 5.73 Å². The molecule has 4 saturated carbocycles. The number of aliphatic hydroxyl groups excluding tert-OH is 1. The molecule has 9 atom stereocenters. The third-order valence-corrected chi connectivity index (χ3v) is 11.7. The SMILES string of the molecule is C[C@]12CC(O)CCC1CC[C@H]1[C@@H]3CCC(C(=O)O)[C@@]3(C(CCCN3CCCCC3)OC(N)=O)CC[C@@H]12. The molecule has 1 aliphatic heterocycles. The number of nitrogens with zero attached hydrogens (tertiary/aromatic N) is 1. The third kappa shape index (κ3) is 4.57. The molecule has 1 amide bonds. The number of carbonyl (C=O) groups excluding carboxylic acids is 1. The number of nitrogens with two attached hydrogens (primary N) is 1. The van der Waals surface area contributed by atoms with E-state index in [1.807, 2.05) is 0 Å². The van der Waals surface area contributed by atoms with E-state index >= 15 is 0 Å². The molecule has 4 unspecified atom stereocenters. The molecular weight excluding hydrogens is 456 g/mol. The fourth-order valence-corrected chi connectivity index (χ4v) is 10.3. The molecule has 0 aromatic carbocycles. The monoisotopic (exact) mass is 504 g/mol. The molecule has 0 aromatic rings. The number of primary amides is 1. The number of carbonyl (C=O) groups is 2. The van der Waals surface area contributed by atoms with Crippen molar-refractivity contribution in [3.05, 3.63) is 0 Å². The second kappa shape index (κ2) is 10.4. The number of aliphatic carboxylic acids is 1. The van der Waals surface area contributed by atoms with E-state index in [-0.39, 0.29) is 17.4 Å². The van der Waals surface area contributed by atoms with Crippen molar-refractivity contribution in [3.63, 3.8) is 0 Å². The lowest BCUT2D eigenvalue weighted by Crippen LogP contribution is -2.59. The maximum absolute atomic E-state index is 12.7. The highest BCUT2D eigenvalue weighted by Gasteiger charge is 2.66. The number of ether oxygens (including phenoxy) is 1. The smallest absolute Gasteiger partial charge is 0.404 e. The van der Waals surface area contributed by atoms with Gasteiger partial charge in [0.05, 0.1) is 12.0 Å². The number of carboxylic acids is 1. The van der Waals surface area contributed by atoms with Gasteiger partial charge in [0.15, 0.2) is 0 Å². The van der Waals surface area contributed by atoms with Crippen molar-refractivity contribution in [2.45, 2.75) is 109 Å². The number of fused-ring (bicyclic) bond motifs is 5. The minimum atomic E-state index is -0.768. The molecule has 5 rings (SSSR count). The van der Waals surface area contributed by atoms with E-state index in [0.717, 1.165) is 71.0 Å². The van der Waals surface area contributed by atoms with Gasteiger partial charge in [0, 0.05) is 5.41 Å². The molecule has 4 N–H and O–H groups in total. The van der Waals surface area contributed by atoms with Gasteiger partial charge in [0.2, 0.25) is 0 Å². The van der Waals surface area contributed by atoms with Crippen LogP contribution in [0.5, 0.6) is 0 Å². The van der Waals surface area contributed by atoms with Crippen molar-refractivity contribution < 1.29 is 24.5 Å². The Labute approximate surface area is 216 Å². The Morgan fingerprint density at radius 2 is 1.78 bits per heavy atom. The second-order valence-corrected chi connectivity index (χ2v) is 13.2. The van der Waals surface area contributed by atoms with Crippen LogP contribution in [0, 0.1) is 40.4 Å². The molecule has 36 heavy (non-hydrogen) atoms. The summed E-state index contributed by atoms with van der Waals surface area (Å²) >= 11 is 0.